The molecule has 2 aromatic heterocycles. The van der Waals surface area contributed by atoms with E-state index in [2.05, 4.69) is 10.1 Å². The van der Waals surface area contributed by atoms with E-state index in [4.69, 9.17) is 10.5 Å². The maximum Gasteiger partial charge on any atom is 0.331 e. The number of hydrogen-bond donors (Lipinski definition) is 2. The van der Waals surface area contributed by atoms with Crippen molar-refractivity contribution in [3.63, 3.8) is 0 Å². The molecule has 1 aliphatic rings. The highest BCUT2D eigenvalue weighted by atomic mass is 32.1. The van der Waals surface area contributed by atoms with E-state index in [9.17, 15) is 19.5 Å². The summed E-state index contributed by atoms with van der Waals surface area (Å²) in [7, 11) is 1.46. The molecule has 3 N–H and O–H groups in total. The average Bonchev–Trinajstić information content (AvgIpc) is 3.58. The average molecular weight is 530 g/mol. The summed E-state index contributed by atoms with van der Waals surface area (Å²) >= 11 is 0.997. The van der Waals surface area contributed by atoms with Gasteiger partial charge in [0.05, 0.1) is 13.7 Å². The van der Waals surface area contributed by atoms with Crippen molar-refractivity contribution in [3.05, 3.63) is 64.4 Å². The number of halogens is 1. The number of aliphatic carboxylic acids is 1. The summed E-state index contributed by atoms with van der Waals surface area (Å²) in [6, 6.07) is 4.64. The Morgan fingerprint density at radius 3 is 2.54 bits per heavy atom. The predicted molar refractivity (Wildman–Crippen MR) is 133 cm³/mol. The quantitative estimate of drug-likeness (QED) is 0.479. The predicted octanol–water partition coefficient (Wildman–Crippen LogP) is 2.95. The van der Waals surface area contributed by atoms with Crippen LogP contribution >= 0.6 is 11.3 Å². The number of alkyl halides is 1. The van der Waals surface area contributed by atoms with Crippen LogP contribution in [0.1, 0.15) is 54.2 Å². The lowest BCUT2D eigenvalue weighted by molar-refractivity contribution is -0.150. The molecule has 0 spiro atoms. The van der Waals surface area contributed by atoms with Gasteiger partial charge in [-0.05, 0) is 29.2 Å². The monoisotopic (exact) mass is 529 g/mol. The van der Waals surface area contributed by atoms with E-state index < -0.39 is 48.0 Å². The fourth-order valence-electron chi connectivity index (χ4n) is 4.89. The van der Waals surface area contributed by atoms with Gasteiger partial charge in [-0.15, -0.1) is 11.3 Å². The van der Waals surface area contributed by atoms with Crippen molar-refractivity contribution < 1.29 is 28.6 Å². The van der Waals surface area contributed by atoms with Crippen molar-refractivity contribution in [2.75, 3.05) is 7.11 Å². The summed E-state index contributed by atoms with van der Waals surface area (Å²) in [4.78, 5) is 44.7. The first-order valence-electron chi connectivity index (χ1n) is 11.5. The van der Waals surface area contributed by atoms with E-state index >= 15 is 4.39 Å². The third-order valence-electron chi connectivity index (χ3n) is 6.65. The van der Waals surface area contributed by atoms with Gasteiger partial charge in [-0.1, -0.05) is 26.8 Å². The number of hydrogen-bond acceptors (Lipinski definition) is 7. The lowest BCUT2D eigenvalue weighted by atomic mass is 9.85. The molecule has 0 aliphatic carbocycles. The van der Waals surface area contributed by atoms with Crippen LogP contribution in [0.2, 0.25) is 0 Å². The van der Waals surface area contributed by atoms with Crippen LogP contribution in [0.25, 0.3) is 0 Å². The second-order valence-electron chi connectivity index (χ2n) is 10.1. The molecular weight excluding hydrogens is 501 g/mol. The van der Waals surface area contributed by atoms with E-state index in [0.29, 0.717) is 5.75 Å². The Balaban J connectivity index is 1.95. The van der Waals surface area contributed by atoms with Gasteiger partial charge in [-0.2, -0.15) is 5.10 Å². The molecule has 0 bridgehead atoms. The SMILES string of the molecule is COc1cc(C(=O)N2C(c3nccs3)C(F)(C(N)=O)CC2(Cn2cccn2)C(=O)O)ccc1C(C)(C)C. The third kappa shape index (κ3) is 4.35. The standard InChI is InChI=1S/C25H28FN5O5S/c1-23(2,3)16-7-6-15(12-17(16)36-4)20(32)31-18(19-28-9-11-37-19)25(26,21(27)33)13-24(31,22(34)35)14-30-10-5-8-29-30/h5-12,18H,13-14H2,1-4H3,(H2,27,33)(H,34,35). The number of carbonyl (C=O) groups excluding carboxylic acids is 2. The first-order chi connectivity index (χ1) is 17.3. The largest absolute Gasteiger partial charge is 0.496 e. The molecule has 10 nitrogen and oxygen atoms in total. The molecule has 3 unspecified atom stereocenters. The van der Waals surface area contributed by atoms with Crippen molar-refractivity contribution >= 4 is 29.1 Å². The number of nitrogens with two attached hydrogens (primary N) is 1. The van der Waals surface area contributed by atoms with Crippen LogP contribution in [-0.4, -0.2) is 60.9 Å². The van der Waals surface area contributed by atoms with E-state index in [1.807, 2.05) is 20.8 Å². The summed E-state index contributed by atoms with van der Waals surface area (Å²) in [5.74, 6) is -3.28. The van der Waals surface area contributed by atoms with Crippen LogP contribution in [0.5, 0.6) is 5.75 Å². The minimum Gasteiger partial charge on any atom is -0.496 e. The zero-order valence-corrected chi connectivity index (χ0v) is 21.7. The summed E-state index contributed by atoms with van der Waals surface area (Å²) in [6.07, 6.45) is 3.44. The highest BCUT2D eigenvalue weighted by Crippen LogP contribution is 2.53. The number of carboxylic acid groups (broad SMARTS) is 1. The lowest BCUT2D eigenvalue weighted by Gasteiger charge is -2.37. The van der Waals surface area contributed by atoms with E-state index in [-0.39, 0.29) is 16.0 Å². The van der Waals surface area contributed by atoms with Crippen LogP contribution in [0.15, 0.2) is 48.2 Å². The molecule has 0 radical (unpaired) electrons. The molecule has 0 saturated carbocycles. The number of amides is 2. The van der Waals surface area contributed by atoms with Crippen molar-refractivity contribution in [3.8, 4) is 5.75 Å². The van der Waals surface area contributed by atoms with Crippen LogP contribution in [-0.2, 0) is 21.5 Å². The topological polar surface area (TPSA) is 141 Å². The molecule has 4 rings (SSSR count). The summed E-state index contributed by atoms with van der Waals surface area (Å²) in [5, 5.41) is 16.2. The zero-order chi connectivity index (χ0) is 27.2. The smallest absolute Gasteiger partial charge is 0.331 e. The number of ether oxygens (including phenoxy) is 1. The number of nitrogens with zero attached hydrogens (tertiary/aromatic N) is 4. The number of primary amides is 1. The highest BCUT2D eigenvalue weighted by molar-refractivity contribution is 7.09. The van der Waals surface area contributed by atoms with E-state index in [1.165, 1.54) is 42.5 Å². The van der Waals surface area contributed by atoms with Gasteiger partial charge in [0.15, 0.2) is 5.54 Å². The molecule has 1 fully saturated rings. The number of thiazole rings is 1. The Morgan fingerprint density at radius 1 is 1.30 bits per heavy atom. The summed E-state index contributed by atoms with van der Waals surface area (Å²) in [5.41, 5.74) is 0.982. The first kappa shape index (κ1) is 26.3. The number of methoxy groups -OCH3 is 1. The number of carboxylic acids is 1. The molecule has 1 aromatic carbocycles. The normalized spacial score (nSPS) is 23.7. The zero-order valence-electron chi connectivity index (χ0n) is 20.8. The van der Waals surface area contributed by atoms with Crippen molar-refractivity contribution in [1.82, 2.24) is 19.7 Å². The molecule has 196 valence electrons. The molecule has 3 aromatic rings. The Morgan fingerprint density at radius 2 is 2.03 bits per heavy atom. The molecule has 3 heterocycles. The minimum atomic E-state index is -2.91. The Kier molecular flexibility index (Phi) is 6.57. The number of carbonyl (C=O) groups is 3. The van der Waals surface area contributed by atoms with Crippen LogP contribution in [0.4, 0.5) is 4.39 Å². The van der Waals surface area contributed by atoms with Gasteiger partial charge in [-0.3, -0.25) is 14.3 Å². The molecule has 1 aliphatic heterocycles. The second-order valence-corrected chi connectivity index (χ2v) is 11.0. The van der Waals surface area contributed by atoms with Gasteiger partial charge in [-0.25, -0.2) is 14.2 Å². The van der Waals surface area contributed by atoms with Crippen LogP contribution in [0.3, 0.4) is 0 Å². The van der Waals surface area contributed by atoms with Gasteiger partial charge < -0.3 is 20.5 Å². The Labute approximate surface area is 216 Å². The fourth-order valence-corrected chi connectivity index (χ4v) is 5.70. The van der Waals surface area contributed by atoms with E-state index in [0.717, 1.165) is 21.8 Å². The van der Waals surface area contributed by atoms with Gasteiger partial charge in [0.2, 0.25) is 5.67 Å². The summed E-state index contributed by atoms with van der Waals surface area (Å²) < 4.78 is 23.4. The lowest BCUT2D eigenvalue weighted by Crippen LogP contribution is -2.56. The first-order valence-corrected chi connectivity index (χ1v) is 12.3. The van der Waals surface area contributed by atoms with Crippen LogP contribution < -0.4 is 10.5 Å². The fraction of sp³-hybridized carbons (Fsp3) is 0.400. The maximum absolute atomic E-state index is 16.6. The molecule has 1 saturated heterocycles. The Bertz CT molecular complexity index is 1320. The number of likely N-dealkylation sites (tertiary alicyclic amines) is 1. The van der Waals surface area contributed by atoms with Gasteiger partial charge >= 0.3 is 5.97 Å². The van der Waals surface area contributed by atoms with E-state index in [1.54, 1.807) is 17.5 Å². The number of rotatable bonds is 7. The third-order valence-corrected chi connectivity index (χ3v) is 7.48. The number of benzene rings is 1. The number of aromatic nitrogens is 3. The van der Waals surface area contributed by atoms with Gasteiger partial charge in [0.1, 0.15) is 16.8 Å². The highest BCUT2D eigenvalue weighted by Gasteiger charge is 2.69. The molecule has 37 heavy (non-hydrogen) atoms. The molecule has 2 amide bonds. The van der Waals surface area contributed by atoms with Gasteiger partial charge in [0, 0.05) is 36.0 Å². The Hall–Kier alpha value is -3.80. The molecule has 3 atom stereocenters. The molecular formula is C25H28FN5O5S. The van der Waals surface area contributed by atoms with Gasteiger partial charge in [0.25, 0.3) is 11.8 Å². The summed E-state index contributed by atoms with van der Waals surface area (Å²) in [6.45, 7) is 5.53. The molecule has 12 heteroatoms. The van der Waals surface area contributed by atoms with Crippen molar-refractivity contribution in [1.29, 1.82) is 0 Å². The van der Waals surface area contributed by atoms with Crippen molar-refractivity contribution in [2.45, 2.75) is 56.4 Å². The maximum atomic E-state index is 16.6. The minimum absolute atomic E-state index is 0.0523. The van der Waals surface area contributed by atoms with Crippen LogP contribution in [0, 0.1) is 0 Å². The van der Waals surface area contributed by atoms with Crippen molar-refractivity contribution in [2.24, 2.45) is 5.73 Å². The second kappa shape index (κ2) is 9.25.